The van der Waals surface area contributed by atoms with Crippen LogP contribution in [0.15, 0.2) is 90.0 Å². The average molecular weight is 567 g/mol. The van der Waals surface area contributed by atoms with Gasteiger partial charge in [-0.1, -0.05) is 36.4 Å². The van der Waals surface area contributed by atoms with E-state index in [4.69, 9.17) is 5.73 Å². The lowest BCUT2D eigenvalue weighted by Gasteiger charge is -2.12. The summed E-state index contributed by atoms with van der Waals surface area (Å²) in [6, 6.07) is 19.5. The van der Waals surface area contributed by atoms with Crippen LogP contribution in [0.4, 0.5) is 24.8 Å². The molecule has 40 heavy (non-hydrogen) atoms. The number of halogens is 3. The van der Waals surface area contributed by atoms with Crippen molar-refractivity contribution in [2.45, 2.75) is 11.1 Å². The van der Waals surface area contributed by atoms with Crippen molar-refractivity contribution in [3.8, 4) is 16.8 Å². The number of amides is 1. The van der Waals surface area contributed by atoms with Crippen LogP contribution in [0.25, 0.3) is 27.6 Å². The summed E-state index contributed by atoms with van der Waals surface area (Å²) in [5.41, 5.74) is 6.05. The maximum absolute atomic E-state index is 13.6. The topological polar surface area (TPSA) is 132 Å². The van der Waals surface area contributed by atoms with Gasteiger partial charge in [0, 0.05) is 28.8 Å². The minimum atomic E-state index is -4.76. The fraction of sp³-hybridized carbons (Fsp3) is 0.0741. The molecule has 0 saturated carbocycles. The fourth-order valence-corrected chi connectivity index (χ4v) is 5.11. The number of hydrogen-bond acceptors (Lipinski definition) is 6. The molecule has 0 aliphatic rings. The first-order valence-electron chi connectivity index (χ1n) is 11.7. The normalized spacial score (nSPS) is 12.0. The lowest BCUT2D eigenvalue weighted by atomic mass is 10.0. The number of sulfonamides is 1. The van der Waals surface area contributed by atoms with Gasteiger partial charge in [-0.05, 0) is 54.4 Å². The van der Waals surface area contributed by atoms with Crippen LogP contribution >= 0.6 is 0 Å². The molecule has 2 heterocycles. The van der Waals surface area contributed by atoms with Crippen LogP contribution in [0.1, 0.15) is 16.1 Å². The van der Waals surface area contributed by atoms with E-state index in [-0.39, 0.29) is 27.8 Å². The van der Waals surface area contributed by atoms with Crippen molar-refractivity contribution >= 4 is 38.3 Å². The van der Waals surface area contributed by atoms with Crippen LogP contribution in [0.3, 0.4) is 0 Å². The Balaban J connectivity index is 1.49. The first kappa shape index (κ1) is 26.8. The number of carbonyl (C=O) groups excluding carboxylic acids is 1. The Kier molecular flexibility index (Phi) is 6.77. The van der Waals surface area contributed by atoms with Crippen LogP contribution < -0.4 is 15.8 Å². The maximum atomic E-state index is 13.6. The van der Waals surface area contributed by atoms with Crippen molar-refractivity contribution in [3.05, 3.63) is 96.3 Å². The van der Waals surface area contributed by atoms with E-state index < -0.39 is 27.8 Å². The van der Waals surface area contributed by atoms with E-state index in [2.05, 4.69) is 20.1 Å². The molecule has 0 spiro atoms. The van der Waals surface area contributed by atoms with Crippen molar-refractivity contribution in [2.75, 3.05) is 18.1 Å². The van der Waals surface area contributed by atoms with Gasteiger partial charge in [-0.15, -0.1) is 0 Å². The number of nitrogens with one attached hydrogen (secondary N) is 2. The molecule has 4 N–H and O–H groups in total. The van der Waals surface area contributed by atoms with E-state index in [1.807, 2.05) is 0 Å². The number of benzene rings is 3. The number of nitrogen functional groups attached to an aromatic ring is 1. The van der Waals surface area contributed by atoms with Crippen molar-refractivity contribution in [3.63, 3.8) is 0 Å². The van der Waals surface area contributed by atoms with E-state index in [9.17, 15) is 26.4 Å². The highest BCUT2D eigenvalue weighted by Crippen LogP contribution is 2.33. The minimum absolute atomic E-state index is 0.0597. The van der Waals surface area contributed by atoms with Gasteiger partial charge in [0.15, 0.2) is 5.69 Å². The molecule has 0 aliphatic carbocycles. The molecule has 0 unspecified atom stereocenters. The summed E-state index contributed by atoms with van der Waals surface area (Å²) in [6.45, 7) is 0. The van der Waals surface area contributed by atoms with Gasteiger partial charge in [0.05, 0.1) is 10.6 Å². The van der Waals surface area contributed by atoms with Crippen LogP contribution in [-0.2, 0) is 16.2 Å². The highest BCUT2D eigenvalue weighted by Gasteiger charge is 2.35. The summed E-state index contributed by atoms with van der Waals surface area (Å²) >= 11 is 0. The van der Waals surface area contributed by atoms with Gasteiger partial charge < -0.3 is 11.1 Å². The summed E-state index contributed by atoms with van der Waals surface area (Å²) in [4.78, 5) is 17.1. The molecule has 204 valence electrons. The molecule has 2 aromatic heterocycles. The predicted octanol–water partition coefficient (Wildman–Crippen LogP) is 4.85. The van der Waals surface area contributed by atoms with Gasteiger partial charge in [-0.25, -0.2) is 22.8 Å². The molecule has 1 amide bonds. The lowest BCUT2D eigenvalue weighted by Crippen LogP contribution is -2.19. The first-order chi connectivity index (χ1) is 19.0. The highest BCUT2D eigenvalue weighted by atomic mass is 32.2. The number of hydrogen-bond donors (Lipinski definition) is 3. The number of alkyl halides is 3. The molecule has 0 saturated heterocycles. The Morgan fingerprint density at radius 1 is 0.975 bits per heavy atom. The van der Waals surface area contributed by atoms with E-state index >= 15 is 0 Å². The van der Waals surface area contributed by atoms with Crippen molar-refractivity contribution in [2.24, 2.45) is 0 Å². The zero-order chi connectivity index (χ0) is 28.7. The van der Waals surface area contributed by atoms with Crippen molar-refractivity contribution in [1.82, 2.24) is 19.5 Å². The Hall–Kier alpha value is -4.75. The van der Waals surface area contributed by atoms with E-state index in [1.54, 1.807) is 48.5 Å². The van der Waals surface area contributed by atoms with Gasteiger partial charge in [-0.3, -0.25) is 4.79 Å². The van der Waals surface area contributed by atoms with Gasteiger partial charge in [0.2, 0.25) is 10.0 Å². The minimum Gasteiger partial charge on any atom is -0.383 e. The number of rotatable bonds is 6. The standard InChI is InChI=1S/C27H21F3N6O3S/c1-32-40(38,39)22-5-3-2-4-20(22)16-6-8-18(9-7-16)26(37)34-24-15-23(27(28,29)30)35-36(24)19-11-10-17-12-13-33-25(31)21(17)14-19/h2-15,32H,1H3,(H2,31,33)(H,34,37). The van der Waals surface area contributed by atoms with E-state index in [0.717, 1.165) is 16.1 Å². The number of carbonyl (C=O) groups is 1. The average Bonchev–Trinajstić information content (AvgIpc) is 3.37. The first-order valence-corrected chi connectivity index (χ1v) is 13.2. The summed E-state index contributed by atoms with van der Waals surface area (Å²) in [6.07, 6.45) is -3.24. The zero-order valence-corrected chi connectivity index (χ0v) is 21.6. The molecule has 0 aliphatic heterocycles. The molecule has 0 fully saturated rings. The Labute approximate surface area is 226 Å². The smallest absolute Gasteiger partial charge is 0.383 e. The largest absolute Gasteiger partial charge is 0.435 e. The summed E-state index contributed by atoms with van der Waals surface area (Å²) < 4.78 is 68.7. The predicted molar refractivity (Wildman–Crippen MR) is 144 cm³/mol. The van der Waals surface area contributed by atoms with Gasteiger partial charge >= 0.3 is 6.18 Å². The summed E-state index contributed by atoms with van der Waals surface area (Å²) in [5.74, 6) is -0.717. The molecular weight excluding hydrogens is 545 g/mol. The quantitative estimate of drug-likeness (QED) is 0.269. The summed E-state index contributed by atoms with van der Waals surface area (Å²) in [5, 5.41) is 7.42. The third-order valence-corrected chi connectivity index (χ3v) is 7.64. The molecule has 3 aromatic carbocycles. The molecule has 0 atom stereocenters. The van der Waals surface area contributed by atoms with E-state index in [0.29, 0.717) is 16.5 Å². The van der Waals surface area contributed by atoms with Gasteiger partial charge in [-0.2, -0.15) is 18.3 Å². The molecule has 9 nitrogen and oxygen atoms in total. The SMILES string of the molecule is CNS(=O)(=O)c1ccccc1-c1ccc(C(=O)Nc2cc(C(F)(F)F)nn2-c2ccc3ccnc(N)c3c2)cc1. The second kappa shape index (κ2) is 10.1. The van der Waals surface area contributed by atoms with Crippen molar-refractivity contribution < 1.29 is 26.4 Å². The van der Waals surface area contributed by atoms with Crippen molar-refractivity contribution in [1.29, 1.82) is 0 Å². The second-order valence-corrected chi connectivity index (χ2v) is 10.5. The lowest BCUT2D eigenvalue weighted by molar-refractivity contribution is -0.141. The summed E-state index contributed by atoms with van der Waals surface area (Å²) in [7, 11) is -2.44. The monoisotopic (exact) mass is 566 g/mol. The Morgan fingerprint density at radius 3 is 2.40 bits per heavy atom. The zero-order valence-electron chi connectivity index (χ0n) is 20.8. The fourth-order valence-electron chi connectivity index (χ4n) is 4.16. The number of pyridine rings is 1. The number of nitrogens with zero attached hydrogens (tertiary/aromatic N) is 3. The molecule has 5 rings (SSSR count). The van der Waals surface area contributed by atoms with Gasteiger partial charge in [0.25, 0.3) is 5.91 Å². The molecule has 0 bridgehead atoms. The molecular formula is C27H21F3N6O3S. The second-order valence-electron chi connectivity index (χ2n) is 8.66. The third-order valence-electron chi connectivity index (χ3n) is 6.17. The van der Waals surface area contributed by atoms with Gasteiger partial charge in [0.1, 0.15) is 11.6 Å². The van der Waals surface area contributed by atoms with Crippen LogP contribution in [0.2, 0.25) is 0 Å². The number of aromatic nitrogens is 3. The Bertz CT molecular complexity index is 1850. The number of nitrogens with two attached hydrogens (primary N) is 1. The van der Waals surface area contributed by atoms with Crippen LogP contribution in [0, 0.1) is 0 Å². The highest BCUT2D eigenvalue weighted by molar-refractivity contribution is 7.89. The maximum Gasteiger partial charge on any atom is 0.435 e. The molecule has 5 aromatic rings. The third kappa shape index (κ3) is 5.11. The van der Waals surface area contributed by atoms with E-state index in [1.165, 1.54) is 37.5 Å². The number of anilines is 2. The number of fused-ring (bicyclic) bond motifs is 1. The molecule has 13 heteroatoms. The Morgan fingerprint density at radius 2 is 1.70 bits per heavy atom. The molecule has 0 radical (unpaired) electrons. The van der Waals surface area contributed by atoms with Crippen LogP contribution in [-0.4, -0.2) is 36.1 Å². The van der Waals surface area contributed by atoms with Crippen LogP contribution in [0.5, 0.6) is 0 Å².